The highest BCUT2D eigenvalue weighted by molar-refractivity contribution is 5.88. The molecular formula is C16H18N4O. The number of benzene rings is 1. The van der Waals surface area contributed by atoms with Gasteiger partial charge in [0.2, 0.25) is 5.82 Å². The molecule has 0 unspecified atom stereocenters. The van der Waals surface area contributed by atoms with Crippen molar-refractivity contribution in [3.05, 3.63) is 58.7 Å². The maximum atomic E-state index is 11.2. The summed E-state index contributed by atoms with van der Waals surface area (Å²) in [6.07, 6.45) is 2.63. The average Bonchev–Trinajstić information content (AvgIpc) is 2.49. The van der Waals surface area contributed by atoms with E-state index in [2.05, 4.69) is 46.1 Å². The van der Waals surface area contributed by atoms with Crippen LogP contribution < -0.4 is 5.73 Å². The van der Waals surface area contributed by atoms with Crippen molar-refractivity contribution in [3.63, 3.8) is 0 Å². The van der Waals surface area contributed by atoms with Crippen LogP contribution >= 0.6 is 0 Å². The fourth-order valence-electron chi connectivity index (χ4n) is 2.56. The molecule has 2 heterocycles. The van der Waals surface area contributed by atoms with Gasteiger partial charge in [0, 0.05) is 25.8 Å². The molecule has 0 atom stereocenters. The molecule has 0 spiro atoms. The van der Waals surface area contributed by atoms with Crippen LogP contribution in [-0.4, -0.2) is 27.3 Å². The summed E-state index contributed by atoms with van der Waals surface area (Å²) in [6.45, 7) is 4.67. The molecule has 1 amide bonds. The Hall–Kier alpha value is -2.27. The van der Waals surface area contributed by atoms with Gasteiger partial charge in [0.05, 0.1) is 5.69 Å². The third kappa shape index (κ3) is 3.08. The van der Waals surface area contributed by atoms with E-state index in [0.717, 1.165) is 37.3 Å². The van der Waals surface area contributed by atoms with E-state index in [0.29, 0.717) is 0 Å². The van der Waals surface area contributed by atoms with Gasteiger partial charge in [-0.05, 0) is 24.5 Å². The van der Waals surface area contributed by atoms with Gasteiger partial charge in [-0.2, -0.15) is 0 Å². The molecule has 0 radical (unpaired) electrons. The lowest BCUT2D eigenvalue weighted by Gasteiger charge is -2.27. The second kappa shape index (κ2) is 5.61. The number of hydrogen-bond donors (Lipinski definition) is 1. The summed E-state index contributed by atoms with van der Waals surface area (Å²) >= 11 is 0. The molecule has 1 aromatic carbocycles. The van der Waals surface area contributed by atoms with Crippen molar-refractivity contribution in [2.45, 2.75) is 26.4 Å². The SMILES string of the molecule is Cc1ccc(CN2CCc3cnc(C(N)=O)nc3C2)cc1. The van der Waals surface area contributed by atoms with Gasteiger partial charge in [-0.25, -0.2) is 9.97 Å². The highest BCUT2D eigenvalue weighted by Gasteiger charge is 2.19. The Kier molecular flexibility index (Phi) is 3.66. The van der Waals surface area contributed by atoms with Crippen molar-refractivity contribution in [2.24, 2.45) is 5.73 Å². The molecular weight excluding hydrogens is 264 g/mol. The Morgan fingerprint density at radius 3 is 2.81 bits per heavy atom. The topological polar surface area (TPSA) is 72.1 Å². The number of amides is 1. The van der Waals surface area contributed by atoms with Crippen molar-refractivity contribution >= 4 is 5.91 Å². The van der Waals surface area contributed by atoms with Crippen molar-refractivity contribution in [1.82, 2.24) is 14.9 Å². The number of nitrogens with two attached hydrogens (primary N) is 1. The lowest BCUT2D eigenvalue weighted by Crippen LogP contribution is -2.32. The van der Waals surface area contributed by atoms with Crippen molar-refractivity contribution in [1.29, 1.82) is 0 Å². The van der Waals surface area contributed by atoms with Crippen molar-refractivity contribution < 1.29 is 4.79 Å². The minimum absolute atomic E-state index is 0.103. The fourth-order valence-corrected chi connectivity index (χ4v) is 2.56. The first-order valence-electron chi connectivity index (χ1n) is 7.04. The number of hydrogen-bond acceptors (Lipinski definition) is 4. The molecule has 2 N–H and O–H groups in total. The van der Waals surface area contributed by atoms with E-state index in [4.69, 9.17) is 5.73 Å². The zero-order chi connectivity index (χ0) is 14.8. The van der Waals surface area contributed by atoms with E-state index in [1.54, 1.807) is 6.20 Å². The number of primary amides is 1. The van der Waals surface area contributed by atoms with E-state index in [9.17, 15) is 4.79 Å². The van der Waals surface area contributed by atoms with E-state index >= 15 is 0 Å². The average molecular weight is 282 g/mol. The Balaban J connectivity index is 1.75. The molecule has 0 bridgehead atoms. The lowest BCUT2D eigenvalue weighted by atomic mass is 10.1. The summed E-state index contributed by atoms with van der Waals surface area (Å²) in [6, 6.07) is 8.56. The highest BCUT2D eigenvalue weighted by atomic mass is 16.1. The molecule has 3 rings (SSSR count). The first kappa shape index (κ1) is 13.7. The number of aromatic nitrogens is 2. The largest absolute Gasteiger partial charge is 0.363 e. The molecule has 21 heavy (non-hydrogen) atoms. The second-order valence-electron chi connectivity index (χ2n) is 5.48. The molecule has 5 nitrogen and oxygen atoms in total. The van der Waals surface area contributed by atoms with Crippen LogP contribution in [0, 0.1) is 6.92 Å². The van der Waals surface area contributed by atoms with E-state index < -0.39 is 5.91 Å². The molecule has 0 aliphatic carbocycles. The summed E-state index contributed by atoms with van der Waals surface area (Å²) in [4.78, 5) is 21.8. The van der Waals surface area contributed by atoms with Gasteiger partial charge in [-0.15, -0.1) is 0 Å². The van der Waals surface area contributed by atoms with Gasteiger partial charge in [0.15, 0.2) is 0 Å². The molecule has 5 heteroatoms. The molecule has 0 saturated carbocycles. The Labute approximate surface area is 123 Å². The predicted molar refractivity (Wildman–Crippen MR) is 79.5 cm³/mol. The van der Waals surface area contributed by atoms with Crippen LogP contribution in [0.25, 0.3) is 0 Å². The lowest BCUT2D eigenvalue weighted by molar-refractivity contribution is 0.0989. The minimum Gasteiger partial charge on any atom is -0.363 e. The van der Waals surface area contributed by atoms with Crippen LogP contribution in [0.15, 0.2) is 30.5 Å². The molecule has 1 aliphatic heterocycles. The minimum atomic E-state index is -0.576. The second-order valence-corrected chi connectivity index (χ2v) is 5.48. The van der Waals surface area contributed by atoms with Gasteiger partial charge in [-0.1, -0.05) is 29.8 Å². The first-order chi connectivity index (χ1) is 10.1. The quantitative estimate of drug-likeness (QED) is 0.924. The Morgan fingerprint density at radius 1 is 1.33 bits per heavy atom. The fraction of sp³-hybridized carbons (Fsp3) is 0.312. The molecule has 1 aliphatic rings. The number of aryl methyl sites for hydroxylation is 1. The van der Waals surface area contributed by atoms with Gasteiger partial charge in [-0.3, -0.25) is 9.69 Å². The summed E-state index contributed by atoms with van der Waals surface area (Å²) in [7, 11) is 0. The van der Waals surface area contributed by atoms with Crippen LogP contribution in [0.2, 0.25) is 0 Å². The zero-order valence-corrected chi connectivity index (χ0v) is 12.0. The van der Waals surface area contributed by atoms with Crippen LogP contribution in [0.1, 0.15) is 33.0 Å². The number of carbonyl (C=O) groups is 1. The molecule has 1 aromatic heterocycles. The van der Waals surface area contributed by atoms with E-state index in [1.165, 1.54) is 11.1 Å². The summed E-state index contributed by atoms with van der Waals surface area (Å²) in [5, 5.41) is 0. The third-order valence-corrected chi connectivity index (χ3v) is 3.77. The van der Waals surface area contributed by atoms with Gasteiger partial charge < -0.3 is 5.73 Å². The number of rotatable bonds is 3. The third-order valence-electron chi connectivity index (χ3n) is 3.77. The van der Waals surface area contributed by atoms with Crippen LogP contribution in [0.4, 0.5) is 0 Å². The highest BCUT2D eigenvalue weighted by Crippen LogP contribution is 2.18. The summed E-state index contributed by atoms with van der Waals surface area (Å²) < 4.78 is 0. The van der Waals surface area contributed by atoms with Crippen molar-refractivity contribution in [3.8, 4) is 0 Å². The van der Waals surface area contributed by atoms with E-state index in [1.807, 2.05) is 0 Å². The van der Waals surface area contributed by atoms with Crippen LogP contribution in [-0.2, 0) is 19.5 Å². The maximum Gasteiger partial charge on any atom is 0.286 e. The van der Waals surface area contributed by atoms with Crippen LogP contribution in [0.5, 0.6) is 0 Å². The van der Waals surface area contributed by atoms with Gasteiger partial charge in [0.1, 0.15) is 0 Å². The monoisotopic (exact) mass is 282 g/mol. The van der Waals surface area contributed by atoms with E-state index in [-0.39, 0.29) is 5.82 Å². The normalized spacial score (nSPS) is 14.7. The molecule has 2 aromatic rings. The molecule has 0 saturated heterocycles. The first-order valence-corrected chi connectivity index (χ1v) is 7.04. The Bertz CT molecular complexity index is 666. The van der Waals surface area contributed by atoms with Gasteiger partial charge in [0.25, 0.3) is 5.91 Å². The summed E-state index contributed by atoms with van der Waals surface area (Å²) in [5.41, 5.74) is 9.82. The number of nitrogens with zero attached hydrogens (tertiary/aromatic N) is 3. The van der Waals surface area contributed by atoms with Crippen LogP contribution in [0.3, 0.4) is 0 Å². The maximum absolute atomic E-state index is 11.2. The predicted octanol–water partition coefficient (Wildman–Crippen LogP) is 1.44. The number of fused-ring (bicyclic) bond motifs is 1. The smallest absolute Gasteiger partial charge is 0.286 e. The number of carbonyl (C=O) groups excluding carboxylic acids is 1. The zero-order valence-electron chi connectivity index (χ0n) is 12.0. The molecule has 0 fully saturated rings. The van der Waals surface area contributed by atoms with Gasteiger partial charge >= 0.3 is 0 Å². The Morgan fingerprint density at radius 2 is 2.10 bits per heavy atom. The standard InChI is InChI=1S/C16H18N4O/c1-11-2-4-12(5-3-11)9-20-7-6-13-8-18-16(15(17)21)19-14(13)10-20/h2-5,8H,6-7,9-10H2,1H3,(H2,17,21). The van der Waals surface area contributed by atoms with Crippen molar-refractivity contribution in [2.75, 3.05) is 6.54 Å². The summed E-state index contributed by atoms with van der Waals surface area (Å²) in [5.74, 6) is -0.473. The molecule has 108 valence electrons.